The molecule has 2 heterocycles. The summed E-state index contributed by atoms with van der Waals surface area (Å²) >= 11 is 5.09. The maximum absolute atomic E-state index is 4.44. The number of hydrogen-bond donors (Lipinski definition) is 0. The first-order valence-electron chi connectivity index (χ1n) is 4.05. The van der Waals surface area contributed by atoms with Crippen molar-refractivity contribution in [1.82, 2.24) is 9.97 Å². The van der Waals surface area contributed by atoms with Crippen molar-refractivity contribution in [1.29, 1.82) is 0 Å². The maximum Gasteiger partial charge on any atom is 0.189 e. The lowest BCUT2D eigenvalue weighted by Crippen LogP contribution is -2.01. The van der Waals surface area contributed by atoms with Crippen LogP contribution in [0.25, 0.3) is 0 Å². The van der Waals surface area contributed by atoms with Crippen LogP contribution in [0.2, 0.25) is 0 Å². The van der Waals surface area contributed by atoms with Gasteiger partial charge in [0.25, 0.3) is 0 Å². The quantitative estimate of drug-likeness (QED) is 0.462. The van der Waals surface area contributed by atoms with Gasteiger partial charge in [-0.2, -0.15) is 0 Å². The standard InChI is InChI=1S/C8H10BrN3S/c1-5-6(9)7(12-3-4-12)11-8(10-5)13-2/h3-4H2,1-2H3. The Labute approximate surface area is 90.1 Å². The number of aromatic nitrogens is 2. The SMILES string of the molecule is CSc1nc(C)c(Br)c(N2CC2)n1. The minimum atomic E-state index is 0.850. The molecule has 0 unspecified atom stereocenters. The molecule has 13 heavy (non-hydrogen) atoms. The van der Waals surface area contributed by atoms with Gasteiger partial charge in [0.05, 0.1) is 10.2 Å². The van der Waals surface area contributed by atoms with E-state index in [1.807, 2.05) is 13.2 Å². The zero-order valence-electron chi connectivity index (χ0n) is 7.54. The van der Waals surface area contributed by atoms with Crippen LogP contribution in [0.15, 0.2) is 9.63 Å². The second kappa shape index (κ2) is 3.46. The van der Waals surface area contributed by atoms with Gasteiger partial charge in [-0.25, -0.2) is 9.97 Å². The smallest absolute Gasteiger partial charge is 0.189 e. The van der Waals surface area contributed by atoms with Crippen molar-refractivity contribution in [2.45, 2.75) is 12.1 Å². The first-order valence-corrected chi connectivity index (χ1v) is 6.07. The van der Waals surface area contributed by atoms with Crippen molar-refractivity contribution in [2.24, 2.45) is 0 Å². The molecule has 0 aliphatic carbocycles. The van der Waals surface area contributed by atoms with Crippen molar-refractivity contribution in [3.8, 4) is 0 Å². The number of aryl methyl sites for hydroxylation is 1. The Bertz CT molecular complexity index is 338. The second-order valence-electron chi connectivity index (χ2n) is 2.92. The van der Waals surface area contributed by atoms with Gasteiger partial charge in [-0.15, -0.1) is 0 Å². The number of hydrogen-bond acceptors (Lipinski definition) is 4. The molecular weight excluding hydrogens is 250 g/mol. The lowest BCUT2D eigenvalue weighted by atomic mass is 10.4. The largest absolute Gasteiger partial charge is 0.352 e. The van der Waals surface area contributed by atoms with Gasteiger partial charge in [0.2, 0.25) is 0 Å². The Morgan fingerprint density at radius 3 is 2.62 bits per heavy atom. The Kier molecular flexibility index (Phi) is 2.47. The van der Waals surface area contributed by atoms with Crippen LogP contribution in [0.3, 0.4) is 0 Å². The molecule has 0 bridgehead atoms. The average Bonchev–Trinajstić information content (AvgIpc) is 2.92. The Hall–Kier alpha value is -0.290. The van der Waals surface area contributed by atoms with E-state index >= 15 is 0 Å². The zero-order valence-corrected chi connectivity index (χ0v) is 9.94. The van der Waals surface area contributed by atoms with Crippen LogP contribution in [-0.2, 0) is 0 Å². The fourth-order valence-electron chi connectivity index (χ4n) is 1.08. The van der Waals surface area contributed by atoms with Crippen molar-refractivity contribution in [3.63, 3.8) is 0 Å². The van der Waals surface area contributed by atoms with Crippen LogP contribution in [-0.4, -0.2) is 29.3 Å². The van der Waals surface area contributed by atoms with Gasteiger partial charge in [-0.1, -0.05) is 11.8 Å². The maximum atomic E-state index is 4.44. The van der Waals surface area contributed by atoms with E-state index in [4.69, 9.17) is 0 Å². The molecule has 1 aromatic heterocycles. The Balaban J connectivity index is 2.46. The van der Waals surface area contributed by atoms with E-state index in [-0.39, 0.29) is 0 Å². The summed E-state index contributed by atoms with van der Waals surface area (Å²) in [6, 6.07) is 0. The summed E-state index contributed by atoms with van der Waals surface area (Å²) in [5.41, 5.74) is 1.02. The van der Waals surface area contributed by atoms with Crippen LogP contribution >= 0.6 is 27.7 Å². The summed E-state index contributed by atoms with van der Waals surface area (Å²) in [5.74, 6) is 1.04. The number of thioether (sulfide) groups is 1. The molecular formula is C8H10BrN3S. The lowest BCUT2D eigenvalue weighted by molar-refractivity contribution is 0.918. The minimum absolute atomic E-state index is 0.850. The van der Waals surface area contributed by atoms with Crippen LogP contribution in [0.5, 0.6) is 0 Å². The first-order chi connectivity index (χ1) is 6.22. The third kappa shape index (κ3) is 1.81. The average molecular weight is 260 g/mol. The summed E-state index contributed by atoms with van der Waals surface area (Å²) in [6.07, 6.45) is 1.99. The van der Waals surface area contributed by atoms with E-state index in [0.717, 1.165) is 34.2 Å². The highest BCUT2D eigenvalue weighted by Gasteiger charge is 2.23. The van der Waals surface area contributed by atoms with E-state index in [1.54, 1.807) is 11.8 Å². The Morgan fingerprint density at radius 1 is 1.38 bits per heavy atom. The summed E-state index contributed by atoms with van der Waals surface area (Å²) in [7, 11) is 0. The third-order valence-electron chi connectivity index (χ3n) is 1.91. The molecule has 0 N–H and O–H groups in total. The van der Waals surface area contributed by atoms with Gasteiger partial charge in [-0.05, 0) is 29.1 Å². The number of halogens is 1. The molecule has 0 saturated carbocycles. The van der Waals surface area contributed by atoms with Gasteiger partial charge >= 0.3 is 0 Å². The van der Waals surface area contributed by atoms with Crippen molar-refractivity contribution >= 4 is 33.5 Å². The second-order valence-corrected chi connectivity index (χ2v) is 4.49. The zero-order chi connectivity index (χ0) is 9.42. The minimum Gasteiger partial charge on any atom is -0.352 e. The van der Waals surface area contributed by atoms with Gasteiger partial charge in [0, 0.05) is 13.1 Å². The normalized spacial score (nSPS) is 14.8. The molecule has 1 aliphatic rings. The number of rotatable bonds is 2. The summed E-state index contributed by atoms with van der Waals surface area (Å²) in [4.78, 5) is 11.0. The monoisotopic (exact) mass is 259 g/mol. The Morgan fingerprint density at radius 2 is 2.08 bits per heavy atom. The molecule has 2 rings (SSSR count). The van der Waals surface area contributed by atoms with E-state index in [9.17, 15) is 0 Å². The van der Waals surface area contributed by atoms with Gasteiger partial charge in [-0.3, -0.25) is 0 Å². The van der Waals surface area contributed by atoms with E-state index in [0.29, 0.717) is 0 Å². The molecule has 1 aliphatic heterocycles. The third-order valence-corrected chi connectivity index (χ3v) is 3.38. The highest BCUT2D eigenvalue weighted by atomic mass is 79.9. The summed E-state index contributed by atoms with van der Waals surface area (Å²) in [5, 5.41) is 0.850. The molecule has 0 spiro atoms. The molecule has 0 atom stereocenters. The van der Waals surface area contributed by atoms with Gasteiger partial charge in [0.1, 0.15) is 5.82 Å². The molecule has 70 valence electrons. The molecule has 1 saturated heterocycles. The molecule has 0 radical (unpaired) electrons. The van der Waals surface area contributed by atoms with Crippen molar-refractivity contribution < 1.29 is 0 Å². The van der Waals surface area contributed by atoms with E-state index in [2.05, 4.69) is 30.8 Å². The van der Waals surface area contributed by atoms with E-state index in [1.165, 1.54) is 0 Å². The van der Waals surface area contributed by atoms with Gasteiger partial charge in [0.15, 0.2) is 5.16 Å². The van der Waals surface area contributed by atoms with Crippen molar-refractivity contribution in [3.05, 3.63) is 10.2 Å². The highest BCUT2D eigenvalue weighted by molar-refractivity contribution is 9.10. The van der Waals surface area contributed by atoms with E-state index < -0.39 is 0 Å². The number of nitrogens with zero attached hydrogens (tertiary/aromatic N) is 3. The van der Waals surface area contributed by atoms with Crippen LogP contribution in [0.4, 0.5) is 5.82 Å². The van der Waals surface area contributed by atoms with Gasteiger partial charge < -0.3 is 4.90 Å². The topological polar surface area (TPSA) is 28.8 Å². The first kappa shape index (κ1) is 9.27. The fourth-order valence-corrected chi connectivity index (χ4v) is 1.92. The molecule has 0 aromatic carbocycles. The van der Waals surface area contributed by atoms with Crippen LogP contribution < -0.4 is 4.90 Å². The predicted octanol–water partition coefficient (Wildman–Crippen LogP) is 2.09. The molecule has 3 nitrogen and oxygen atoms in total. The highest BCUT2D eigenvalue weighted by Crippen LogP contribution is 2.31. The van der Waals surface area contributed by atoms with Crippen molar-refractivity contribution in [2.75, 3.05) is 24.2 Å². The van der Waals surface area contributed by atoms with Crippen LogP contribution in [0, 0.1) is 6.92 Å². The molecule has 0 amide bonds. The summed E-state index contributed by atoms with van der Waals surface area (Å²) < 4.78 is 1.03. The molecule has 5 heteroatoms. The summed E-state index contributed by atoms with van der Waals surface area (Å²) in [6.45, 7) is 4.23. The number of anilines is 1. The predicted molar refractivity (Wildman–Crippen MR) is 58.5 cm³/mol. The lowest BCUT2D eigenvalue weighted by Gasteiger charge is -2.08. The van der Waals surface area contributed by atoms with Crippen LogP contribution in [0.1, 0.15) is 5.69 Å². The molecule has 1 fully saturated rings. The fraction of sp³-hybridized carbons (Fsp3) is 0.500. The molecule has 1 aromatic rings.